The maximum atomic E-state index is 6.22. The maximum Gasteiger partial charge on any atom is 0.196 e. The molecular formula is C56H63B27N2. The molecule has 1 atom stereocenters. The van der Waals surface area contributed by atoms with Crippen LogP contribution in [0.3, 0.4) is 0 Å². The Labute approximate surface area is 531 Å². The molecule has 378 valence electrons. The Morgan fingerprint density at radius 1 is 0.435 bits per heavy atom. The second kappa shape index (κ2) is 20.4. The Morgan fingerprint density at radius 2 is 0.894 bits per heavy atom. The topological polar surface area (TPSA) is 8.17 Å². The third-order valence-corrected chi connectivity index (χ3v) is 24.1. The summed E-state index contributed by atoms with van der Waals surface area (Å²) in [6.45, 7) is 0. The first-order valence-electron chi connectivity index (χ1n) is 31.4. The number of benzene rings is 8. The van der Waals surface area contributed by atoms with Crippen LogP contribution in [0, 0.1) is 12.3 Å². The number of fused-ring (bicyclic) bond motifs is 12. The minimum absolute atomic E-state index is 0.456. The molecule has 1 aromatic heterocycles. The molecule has 2 heterocycles. The maximum absolute atomic E-state index is 6.22. The van der Waals surface area contributed by atoms with Crippen molar-refractivity contribution in [2.75, 3.05) is 4.90 Å². The molecule has 0 radical (unpaired) electrons. The number of terminal acetylenes is 1. The Bertz CT molecular complexity index is 4760. The second-order valence-corrected chi connectivity index (χ2v) is 27.0. The summed E-state index contributed by atoms with van der Waals surface area (Å²) in [4.78, 5) is 2.81. The fourth-order valence-electron chi connectivity index (χ4n) is 17.3. The zero-order valence-corrected chi connectivity index (χ0v) is 56.4. The highest BCUT2D eigenvalue weighted by Crippen LogP contribution is 2.63. The quantitative estimate of drug-likeness (QED) is 0.123. The molecule has 1 unspecified atom stereocenters. The van der Waals surface area contributed by atoms with Gasteiger partial charge in [0.05, 0.1) is 11.1 Å². The van der Waals surface area contributed by atoms with Crippen LogP contribution in [-0.4, -0.2) is 216 Å². The zero-order chi connectivity index (χ0) is 61.7. The molecule has 29 heteroatoms. The summed E-state index contributed by atoms with van der Waals surface area (Å²) in [5, 5.41) is 2.78. The highest BCUT2D eigenvalue weighted by atomic mass is 15.2. The van der Waals surface area contributed by atoms with Crippen molar-refractivity contribution in [1.29, 1.82) is 0 Å². The largest absolute Gasteiger partial charge is 0.312 e. The molecule has 0 amide bonds. The van der Waals surface area contributed by atoms with Gasteiger partial charge in [0.25, 0.3) is 0 Å². The average molecular weight is 1060 g/mol. The van der Waals surface area contributed by atoms with Crippen molar-refractivity contribution >= 4 is 392 Å². The summed E-state index contributed by atoms with van der Waals surface area (Å²) < 4.78 is 2.76. The minimum Gasteiger partial charge on any atom is -0.312 e. The summed E-state index contributed by atoms with van der Waals surface area (Å²) in [6.07, 6.45) is 7.07. The van der Waals surface area contributed by atoms with Crippen molar-refractivity contribution in [2.24, 2.45) is 0 Å². The Kier molecular flexibility index (Phi) is 14.2. The van der Waals surface area contributed by atoms with Gasteiger partial charge in [0.15, 0.2) is 7.28 Å². The van der Waals surface area contributed by atoms with Crippen LogP contribution in [0.25, 0.3) is 55.3 Å². The third-order valence-electron chi connectivity index (χ3n) is 24.1. The minimum atomic E-state index is -0.456. The molecular weight excluding hydrogens is 993 g/mol. The summed E-state index contributed by atoms with van der Waals surface area (Å²) in [6, 6.07) is 16.9. The highest BCUT2D eigenvalue weighted by molar-refractivity contribution is 6.85. The number of rotatable bonds is 5. The molecule has 12 rings (SSSR count). The van der Waals surface area contributed by atoms with Gasteiger partial charge in [0.1, 0.15) is 204 Å². The Morgan fingerprint density at radius 3 is 1.49 bits per heavy atom. The highest BCUT2D eigenvalue weighted by Gasteiger charge is 2.53. The van der Waals surface area contributed by atoms with E-state index in [1.165, 1.54) is 242 Å². The predicted octanol–water partition coefficient (Wildman–Crippen LogP) is -31.3. The first-order valence-corrected chi connectivity index (χ1v) is 31.4. The average Bonchev–Trinajstić information content (AvgIpc) is 1.56. The van der Waals surface area contributed by atoms with Crippen LogP contribution >= 0.6 is 0 Å². The molecule has 0 saturated heterocycles. The molecule has 2 nitrogen and oxygen atoms in total. The molecule has 1 aliphatic heterocycles. The summed E-state index contributed by atoms with van der Waals surface area (Å²) in [7, 11) is 62.4. The van der Waals surface area contributed by atoms with Gasteiger partial charge >= 0.3 is 0 Å². The van der Waals surface area contributed by atoms with E-state index in [-0.39, 0.29) is 0 Å². The van der Waals surface area contributed by atoms with Gasteiger partial charge < -0.3 is 9.47 Å². The van der Waals surface area contributed by atoms with Gasteiger partial charge in [-0.05, 0) is 67.9 Å². The lowest BCUT2D eigenvalue weighted by Gasteiger charge is -2.38. The van der Waals surface area contributed by atoms with Gasteiger partial charge in [-0.15, -0.1) is 44.7 Å². The van der Waals surface area contributed by atoms with E-state index in [0.29, 0.717) is 0 Å². The van der Waals surface area contributed by atoms with Gasteiger partial charge in [-0.1, -0.05) is 152 Å². The Hall–Kier alpha value is -5.85. The molecule has 8 aromatic carbocycles. The zero-order valence-electron chi connectivity index (χ0n) is 56.4. The van der Waals surface area contributed by atoms with E-state index in [1.807, 2.05) is 0 Å². The number of nitrogens with zero attached hydrogens (tertiary/aromatic N) is 2. The van der Waals surface area contributed by atoms with Crippen molar-refractivity contribution in [1.82, 2.24) is 4.57 Å². The van der Waals surface area contributed by atoms with E-state index in [0.717, 1.165) is 19.2 Å². The lowest BCUT2D eigenvalue weighted by Crippen LogP contribution is -2.63. The SMILES string of the molecule is B/C(C#C)=C(B)/C(B)=C1\CC2(c3ccccc3-c3c(N(c4c(B)c(B)c(-c5c(B)c(B)c(B)c(B)c5B)c(B)c4B)c4c(B)c(B)c5c(c4B)c4c(B)c(B)c(B)c6c4n5-c4c(B)c(B)c(B)c(B)c4B6)cccc32)c2c(B)c(B)c(B)c(B)c21. The van der Waals surface area contributed by atoms with Gasteiger partial charge in [0.2, 0.25) is 0 Å². The van der Waals surface area contributed by atoms with Crippen LogP contribution in [-0.2, 0) is 5.41 Å². The molecule has 0 saturated carbocycles. The summed E-state index contributed by atoms with van der Waals surface area (Å²) in [5.41, 5.74) is 58.0. The van der Waals surface area contributed by atoms with E-state index in [2.05, 4.69) is 262 Å². The number of anilines is 3. The molecule has 85 heavy (non-hydrogen) atoms. The van der Waals surface area contributed by atoms with Crippen LogP contribution in [0.2, 0.25) is 0 Å². The smallest absolute Gasteiger partial charge is 0.196 e. The van der Waals surface area contributed by atoms with Crippen molar-refractivity contribution in [2.45, 2.75) is 11.8 Å². The first-order chi connectivity index (χ1) is 40.0. The van der Waals surface area contributed by atoms with E-state index < -0.39 is 5.41 Å². The molecule has 0 fully saturated rings. The first kappa shape index (κ1) is 59.5. The molecule has 0 N–H and O–H groups in total. The number of aromatic nitrogens is 1. The van der Waals surface area contributed by atoms with Crippen molar-refractivity contribution in [3.63, 3.8) is 0 Å². The monoisotopic (exact) mass is 1060 g/mol. The van der Waals surface area contributed by atoms with Crippen LogP contribution in [0.4, 0.5) is 17.1 Å². The fourth-order valence-corrected chi connectivity index (χ4v) is 17.3. The second-order valence-electron chi connectivity index (χ2n) is 27.0. The standard InChI is InChI=1S/C56H63B27N2/c1-2-15(57)25(59)24(58)12-10-56(23-18(12)26(60)34(68)38(72)33(23)67)13-7-4-3-6-11(13)17-14(56)8-5-9-16(17)84(54-44(78)29(63)20(30(64)45(54)79)19-27(61)35(69)39(73)36(70)28(19)62)53-32(66)22-21-31(65)37(71)42(76)49-52(21)85(51(22)47(81)48(53)82)55-46(80)41(75)40(74)43(77)50(55)83-49/h1,3-9,83H,10,57-82H2/b24-12-,25-15-. The molecule has 0 bridgehead atoms. The van der Waals surface area contributed by atoms with Gasteiger partial charge in [0, 0.05) is 39.0 Å². The van der Waals surface area contributed by atoms with E-state index in [9.17, 15) is 0 Å². The van der Waals surface area contributed by atoms with Crippen LogP contribution in [0.1, 0.15) is 28.7 Å². The summed E-state index contributed by atoms with van der Waals surface area (Å²) in [5.74, 6) is 3.03. The van der Waals surface area contributed by atoms with E-state index in [4.69, 9.17) is 6.42 Å². The normalized spacial score (nSPS) is 15.3. The lowest BCUT2D eigenvalue weighted by atomic mass is 9.49. The third kappa shape index (κ3) is 7.60. The molecule has 9 aromatic rings. The van der Waals surface area contributed by atoms with Gasteiger partial charge in [-0.25, -0.2) is 0 Å². The summed E-state index contributed by atoms with van der Waals surface area (Å²) >= 11 is 0. The number of hydrogen-bond acceptors (Lipinski definition) is 1. The lowest BCUT2D eigenvalue weighted by molar-refractivity contribution is 0.686. The number of allylic oxidation sites excluding steroid dienone is 4. The molecule has 1 spiro atoms. The van der Waals surface area contributed by atoms with Crippen molar-refractivity contribution in [3.8, 4) is 40.3 Å². The van der Waals surface area contributed by atoms with E-state index >= 15 is 0 Å². The molecule has 2 aliphatic carbocycles. The van der Waals surface area contributed by atoms with Crippen LogP contribution in [0.5, 0.6) is 0 Å². The van der Waals surface area contributed by atoms with E-state index in [1.54, 1.807) is 0 Å². The van der Waals surface area contributed by atoms with Gasteiger partial charge in [-0.3, -0.25) is 0 Å². The van der Waals surface area contributed by atoms with Crippen molar-refractivity contribution < 1.29 is 0 Å². The molecule has 3 aliphatic rings. The fraction of sp³-hybridized carbons (Fsp3) is 0.0357. The van der Waals surface area contributed by atoms with Crippen molar-refractivity contribution in [3.05, 3.63) is 81.1 Å². The van der Waals surface area contributed by atoms with Crippen LogP contribution in [0.15, 0.2) is 58.9 Å². The predicted molar refractivity (Wildman–Crippen MR) is 460 cm³/mol. The van der Waals surface area contributed by atoms with Crippen LogP contribution < -0.4 is 141 Å². The Balaban J connectivity index is 1.28. The van der Waals surface area contributed by atoms with Gasteiger partial charge in [-0.2, -0.15) is 0 Å². The number of hydrogen-bond donors (Lipinski definition) is 0.